The summed E-state index contributed by atoms with van der Waals surface area (Å²) in [7, 11) is 4.05. The summed E-state index contributed by atoms with van der Waals surface area (Å²) in [5.74, 6) is 0. The summed E-state index contributed by atoms with van der Waals surface area (Å²) >= 11 is 5.06. The highest BCUT2D eigenvalue weighted by Gasteiger charge is 2.10. The van der Waals surface area contributed by atoms with Gasteiger partial charge in [0.15, 0.2) is 0 Å². The van der Waals surface area contributed by atoms with Gasteiger partial charge in [0, 0.05) is 36.4 Å². The molecule has 1 heterocycles. The Labute approximate surface area is 113 Å². The number of hydrogen-bond donors (Lipinski definition) is 1. The van der Waals surface area contributed by atoms with E-state index in [4.69, 9.17) is 18.0 Å². The predicted octanol–water partition coefficient (Wildman–Crippen LogP) is 2.55. The minimum Gasteiger partial charge on any atom is -0.389 e. The fraction of sp³-hybridized carbons (Fsp3) is 0.286. The number of rotatable bonds is 2. The third kappa shape index (κ3) is 2.16. The maximum absolute atomic E-state index is 5.73. The Kier molecular flexibility index (Phi) is 3.22. The Hall–Kier alpha value is -1.68. The Morgan fingerprint density at radius 3 is 2.44 bits per heavy atom. The molecule has 18 heavy (non-hydrogen) atoms. The molecule has 0 aliphatic heterocycles. The van der Waals surface area contributed by atoms with E-state index in [0.717, 1.165) is 33.4 Å². The van der Waals surface area contributed by atoms with Crippen molar-refractivity contribution in [3.8, 4) is 0 Å². The van der Waals surface area contributed by atoms with Crippen LogP contribution < -0.4 is 10.6 Å². The highest BCUT2D eigenvalue weighted by Crippen LogP contribution is 2.28. The number of hydrogen-bond acceptors (Lipinski definition) is 3. The van der Waals surface area contributed by atoms with Gasteiger partial charge in [-0.15, -0.1) is 0 Å². The van der Waals surface area contributed by atoms with E-state index >= 15 is 0 Å². The lowest BCUT2D eigenvalue weighted by molar-refractivity contribution is 1.12. The molecule has 0 unspecified atom stereocenters. The molecule has 0 saturated carbocycles. The molecular weight excluding hydrogens is 242 g/mol. The van der Waals surface area contributed by atoms with Crippen LogP contribution in [0.4, 0.5) is 5.69 Å². The first-order valence-electron chi connectivity index (χ1n) is 5.79. The van der Waals surface area contributed by atoms with Gasteiger partial charge in [0.1, 0.15) is 4.99 Å². The number of pyridine rings is 1. The third-order valence-electron chi connectivity index (χ3n) is 2.98. The number of fused-ring (bicyclic) bond motifs is 1. The molecule has 2 N–H and O–H groups in total. The first-order valence-corrected chi connectivity index (χ1v) is 6.20. The lowest BCUT2D eigenvalue weighted by Gasteiger charge is -2.17. The Balaban J connectivity index is 2.88. The van der Waals surface area contributed by atoms with Crippen molar-refractivity contribution in [3.05, 3.63) is 35.0 Å². The SMILES string of the molecule is Cc1cc(N(C)C)c2cc(C(N)=S)cc(C)c2n1. The van der Waals surface area contributed by atoms with Gasteiger partial charge in [-0.1, -0.05) is 12.2 Å². The van der Waals surface area contributed by atoms with Crippen LogP contribution in [0.15, 0.2) is 18.2 Å². The first-order chi connectivity index (χ1) is 8.40. The number of anilines is 1. The Bertz CT molecular complexity index is 632. The topological polar surface area (TPSA) is 42.1 Å². The molecule has 0 fully saturated rings. The molecule has 3 nitrogen and oxygen atoms in total. The largest absolute Gasteiger partial charge is 0.389 e. The van der Waals surface area contributed by atoms with Gasteiger partial charge in [-0.2, -0.15) is 0 Å². The van der Waals surface area contributed by atoms with Crippen LogP contribution in [0.5, 0.6) is 0 Å². The number of nitrogens with two attached hydrogens (primary N) is 1. The second-order valence-electron chi connectivity index (χ2n) is 4.73. The maximum Gasteiger partial charge on any atom is 0.104 e. The van der Waals surface area contributed by atoms with Crippen LogP contribution in [0.25, 0.3) is 10.9 Å². The molecule has 94 valence electrons. The molecule has 0 amide bonds. The van der Waals surface area contributed by atoms with Gasteiger partial charge in [0.2, 0.25) is 0 Å². The summed E-state index contributed by atoms with van der Waals surface area (Å²) in [6.07, 6.45) is 0. The third-order valence-corrected chi connectivity index (χ3v) is 3.21. The molecule has 0 radical (unpaired) electrons. The van der Waals surface area contributed by atoms with Gasteiger partial charge < -0.3 is 10.6 Å². The quantitative estimate of drug-likeness (QED) is 0.842. The van der Waals surface area contributed by atoms with E-state index < -0.39 is 0 Å². The molecule has 0 aliphatic carbocycles. The molecule has 0 spiro atoms. The zero-order valence-electron chi connectivity index (χ0n) is 11.1. The second kappa shape index (κ2) is 4.53. The lowest BCUT2D eigenvalue weighted by atomic mass is 10.0. The predicted molar refractivity (Wildman–Crippen MR) is 81.4 cm³/mol. The maximum atomic E-state index is 5.73. The number of aromatic nitrogens is 1. The molecule has 1 aromatic carbocycles. The zero-order chi connectivity index (χ0) is 13.4. The number of nitrogens with zero attached hydrogens (tertiary/aromatic N) is 2. The molecule has 1 aromatic heterocycles. The number of thiocarbonyl (C=S) groups is 1. The Morgan fingerprint density at radius 2 is 1.89 bits per heavy atom. The summed E-state index contributed by atoms with van der Waals surface area (Å²) in [5.41, 5.74) is 10.9. The van der Waals surface area contributed by atoms with Crippen LogP contribution in [0, 0.1) is 13.8 Å². The molecule has 0 bridgehead atoms. The van der Waals surface area contributed by atoms with Crippen molar-refractivity contribution in [2.75, 3.05) is 19.0 Å². The average molecular weight is 259 g/mol. The molecule has 0 aliphatic rings. The van der Waals surface area contributed by atoms with Crippen LogP contribution in [0.1, 0.15) is 16.8 Å². The highest BCUT2D eigenvalue weighted by atomic mass is 32.1. The highest BCUT2D eigenvalue weighted by molar-refractivity contribution is 7.80. The summed E-state index contributed by atoms with van der Waals surface area (Å²) in [4.78, 5) is 7.11. The fourth-order valence-corrected chi connectivity index (χ4v) is 2.24. The van der Waals surface area contributed by atoms with E-state index in [2.05, 4.69) is 16.0 Å². The van der Waals surface area contributed by atoms with Crippen molar-refractivity contribution in [1.82, 2.24) is 4.98 Å². The monoisotopic (exact) mass is 259 g/mol. The average Bonchev–Trinajstić information content (AvgIpc) is 2.28. The van der Waals surface area contributed by atoms with Crippen molar-refractivity contribution >= 4 is 33.8 Å². The zero-order valence-corrected chi connectivity index (χ0v) is 11.9. The van der Waals surface area contributed by atoms with Crippen molar-refractivity contribution in [1.29, 1.82) is 0 Å². The van der Waals surface area contributed by atoms with E-state index in [1.165, 1.54) is 0 Å². The van der Waals surface area contributed by atoms with Crippen LogP contribution in [0.2, 0.25) is 0 Å². The van der Waals surface area contributed by atoms with Crippen molar-refractivity contribution < 1.29 is 0 Å². The standard InChI is InChI=1S/C14H17N3S/c1-8-5-10(14(15)18)7-11-12(17(3)4)6-9(2)16-13(8)11/h5-7H,1-4H3,(H2,15,18). The minimum atomic E-state index is 0.422. The summed E-state index contributed by atoms with van der Waals surface area (Å²) in [5, 5.41) is 1.09. The van der Waals surface area contributed by atoms with Crippen LogP contribution >= 0.6 is 12.2 Å². The van der Waals surface area contributed by atoms with Crippen molar-refractivity contribution in [2.45, 2.75) is 13.8 Å². The van der Waals surface area contributed by atoms with Gasteiger partial charge in [0.25, 0.3) is 0 Å². The van der Waals surface area contributed by atoms with Gasteiger partial charge in [0.05, 0.1) is 5.52 Å². The lowest BCUT2D eigenvalue weighted by Crippen LogP contribution is -2.12. The van der Waals surface area contributed by atoms with Gasteiger partial charge >= 0.3 is 0 Å². The number of aryl methyl sites for hydroxylation is 2. The van der Waals surface area contributed by atoms with Gasteiger partial charge in [-0.25, -0.2) is 0 Å². The van der Waals surface area contributed by atoms with E-state index in [-0.39, 0.29) is 0 Å². The van der Waals surface area contributed by atoms with Crippen LogP contribution in [-0.2, 0) is 0 Å². The second-order valence-corrected chi connectivity index (χ2v) is 5.17. The van der Waals surface area contributed by atoms with Crippen molar-refractivity contribution in [3.63, 3.8) is 0 Å². The van der Waals surface area contributed by atoms with E-state index in [0.29, 0.717) is 4.99 Å². The number of benzene rings is 1. The molecular formula is C14H17N3S. The fourth-order valence-electron chi connectivity index (χ4n) is 2.12. The minimum absolute atomic E-state index is 0.422. The van der Waals surface area contributed by atoms with Crippen LogP contribution in [0.3, 0.4) is 0 Å². The van der Waals surface area contributed by atoms with Crippen LogP contribution in [-0.4, -0.2) is 24.1 Å². The Morgan fingerprint density at radius 1 is 1.22 bits per heavy atom. The summed E-state index contributed by atoms with van der Waals surface area (Å²) in [6, 6.07) is 6.09. The molecule has 2 rings (SSSR count). The summed E-state index contributed by atoms with van der Waals surface area (Å²) < 4.78 is 0. The molecule has 0 saturated heterocycles. The molecule has 4 heteroatoms. The van der Waals surface area contributed by atoms with Crippen molar-refractivity contribution in [2.24, 2.45) is 5.73 Å². The molecule has 2 aromatic rings. The van der Waals surface area contributed by atoms with Gasteiger partial charge in [-0.05, 0) is 37.6 Å². The molecule has 0 atom stereocenters. The van der Waals surface area contributed by atoms with Gasteiger partial charge in [-0.3, -0.25) is 4.98 Å². The van der Waals surface area contributed by atoms with E-state index in [1.54, 1.807) is 0 Å². The van der Waals surface area contributed by atoms with E-state index in [1.807, 2.05) is 40.1 Å². The summed E-state index contributed by atoms with van der Waals surface area (Å²) in [6.45, 7) is 4.04. The van der Waals surface area contributed by atoms with E-state index in [9.17, 15) is 0 Å². The first kappa shape index (κ1) is 12.8. The smallest absolute Gasteiger partial charge is 0.104 e. The normalized spacial score (nSPS) is 10.7.